The van der Waals surface area contributed by atoms with Gasteiger partial charge >= 0.3 is 0 Å². The average molecular weight is 327 g/mol. The number of fused-ring (bicyclic) bond motifs is 1. The molecule has 5 heteroatoms. The summed E-state index contributed by atoms with van der Waals surface area (Å²) in [5, 5.41) is 3.45. The third kappa shape index (κ3) is 4.28. The first kappa shape index (κ1) is 16.8. The Morgan fingerprint density at radius 2 is 2.29 bits per heavy atom. The normalized spacial score (nSPS) is 19.0. The molecule has 130 valence electrons. The van der Waals surface area contributed by atoms with Crippen molar-refractivity contribution >= 4 is 17.0 Å². The van der Waals surface area contributed by atoms with Gasteiger partial charge in [-0.2, -0.15) is 0 Å². The number of nitrogens with one attached hydrogen (secondary N) is 2. The number of H-pyrrole nitrogens is 1. The zero-order valence-electron chi connectivity index (χ0n) is 14.9. The number of imidazole rings is 1. The van der Waals surface area contributed by atoms with Crippen LogP contribution in [0.25, 0.3) is 11.0 Å². The lowest BCUT2D eigenvalue weighted by Crippen LogP contribution is -2.46. The minimum absolute atomic E-state index is 0.762. The number of nitrogens with zero attached hydrogens (tertiary/aromatic N) is 3. The zero-order valence-corrected chi connectivity index (χ0v) is 14.9. The number of aliphatic imine (C=N–C) groups is 1. The molecule has 1 saturated heterocycles. The summed E-state index contributed by atoms with van der Waals surface area (Å²) in [7, 11) is 0. The van der Waals surface area contributed by atoms with Crippen molar-refractivity contribution < 1.29 is 0 Å². The SMILES string of the molecule is CCNC(=NCCCc1nc2ccccc2[nH]1)N1CCCC(C)C1. The van der Waals surface area contributed by atoms with Crippen molar-refractivity contribution in [2.24, 2.45) is 10.9 Å². The largest absolute Gasteiger partial charge is 0.357 e. The molecule has 1 aliphatic rings. The predicted molar refractivity (Wildman–Crippen MR) is 100 cm³/mol. The Morgan fingerprint density at radius 1 is 1.42 bits per heavy atom. The molecule has 1 atom stereocenters. The van der Waals surface area contributed by atoms with Crippen molar-refractivity contribution in [3.05, 3.63) is 30.1 Å². The Balaban J connectivity index is 1.54. The predicted octanol–water partition coefficient (Wildman–Crippen LogP) is 3.19. The van der Waals surface area contributed by atoms with E-state index in [0.29, 0.717) is 0 Å². The Kier molecular flexibility index (Phi) is 5.72. The standard InChI is InChI=1S/C19H29N5/c1-3-20-19(24-13-7-8-15(2)14-24)21-12-6-11-18-22-16-9-4-5-10-17(16)23-18/h4-5,9-10,15H,3,6-8,11-14H2,1-2H3,(H,20,21)(H,22,23). The van der Waals surface area contributed by atoms with Crippen LogP contribution in [-0.4, -0.2) is 47.0 Å². The van der Waals surface area contributed by atoms with Gasteiger partial charge < -0.3 is 15.2 Å². The molecule has 0 radical (unpaired) electrons. The number of aromatic nitrogens is 2. The number of benzene rings is 1. The van der Waals surface area contributed by atoms with Gasteiger partial charge in [0.05, 0.1) is 11.0 Å². The Morgan fingerprint density at radius 3 is 3.08 bits per heavy atom. The fourth-order valence-corrected chi connectivity index (χ4v) is 3.36. The van der Waals surface area contributed by atoms with E-state index in [9.17, 15) is 0 Å². The quantitative estimate of drug-likeness (QED) is 0.504. The van der Waals surface area contributed by atoms with Crippen LogP contribution >= 0.6 is 0 Å². The second-order valence-corrected chi connectivity index (χ2v) is 6.73. The van der Waals surface area contributed by atoms with Crippen molar-refractivity contribution in [2.75, 3.05) is 26.2 Å². The highest BCUT2D eigenvalue weighted by atomic mass is 15.3. The topological polar surface area (TPSA) is 56.3 Å². The average Bonchev–Trinajstić information content (AvgIpc) is 3.00. The highest BCUT2D eigenvalue weighted by Gasteiger charge is 2.18. The van der Waals surface area contributed by atoms with E-state index in [-0.39, 0.29) is 0 Å². The van der Waals surface area contributed by atoms with E-state index >= 15 is 0 Å². The molecule has 2 N–H and O–H groups in total. The van der Waals surface area contributed by atoms with E-state index in [1.54, 1.807) is 0 Å². The maximum atomic E-state index is 4.83. The third-order valence-corrected chi connectivity index (χ3v) is 4.56. The molecular formula is C19H29N5. The van der Waals surface area contributed by atoms with Crippen LogP contribution < -0.4 is 5.32 Å². The summed E-state index contributed by atoms with van der Waals surface area (Å²) in [6, 6.07) is 8.19. The molecule has 0 aliphatic carbocycles. The molecule has 0 spiro atoms. The van der Waals surface area contributed by atoms with Gasteiger partial charge in [0.15, 0.2) is 5.96 Å². The molecule has 0 saturated carbocycles. The van der Waals surface area contributed by atoms with Crippen LogP contribution in [0.15, 0.2) is 29.3 Å². The fourth-order valence-electron chi connectivity index (χ4n) is 3.36. The lowest BCUT2D eigenvalue weighted by Gasteiger charge is -2.33. The number of para-hydroxylation sites is 2. The van der Waals surface area contributed by atoms with E-state index in [0.717, 1.165) is 67.8 Å². The molecule has 0 bridgehead atoms. The number of hydrogen-bond acceptors (Lipinski definition) is 2. The molecule has 0 amide bonds. The molecule has 1 fully saturated rings. The van der Waals surface area contributed by atoms with Gasteiger partial charge in [0.25, 0.3) is 0 Å². The number of hydrogen-bond donors (Lipinski definition) is 2. The molecule has 1 aliphatic heterocycles. The van der Waals surface area contributed by atoms with Gasteiger partial charge in [0.1, 0.15) is 5.82 Å². The van der Waals surface area contributed by atoms with Crippen molar-refractivity contribution in [1.29, 1.82) is 0 Å². The van der Waals surface area contributed by atoms with Gasteiger partial charge in [-0.3, -0.25) is 4.99 Å². The highest BCUT2D eigenvalue weighted by Crippen LogP contribution is 2.15. The second kappa shape index (κ2) is 8.18. The lowest BCUT2D eigenvalue weighted by atomic mass is 10.0. The number of likely N-dealkylation sites (tertiary alicyclic amines) is 1. The highest BCUT2D eigenvalue weighted by molar-refractivity contribution is 5.80. The Bertz CT molecular complexity index is 642. The molecule has 1 aromatic carbocycles. The lowest BCUT2D eigenvalue weighted by molar-refractivity contribution is 0.266. The van der Waals surface area contributed by atoms with Crippen LogP contribution in [0.5, 0.6) is 0 Å². The van der Waals surface area contributed by atoms with Gasteiger partial charge in [-0.15, -0.1) is 0 Å². The minimum Gasteiger partial charge on any atom is -0.357 e. The maximum Gasteiger partial charge on any atom is 0.193 e. The van der Waals surface area contributed by atoms with Crippen LogP contribution in [0.2, 0.25) is 0 Å². The van der Waals surface area contributed by atoms with E-state index < -0.39 is 0 Å². The monoisotopic (exact) mass is 327 g/mol. The van der Waals surface area contributed by atoms with Crippen LogP contribution in [0.1, 0.15) is 38.9 Å². The molecule has 5 nitrogen and oxygen atoms in total. The summed E-state index contributed by atoms with van der Waals surface area (Å²) in [4.78, 5) is 15.3. The third-order valence-electron chi connectivity index (χ3n) is 4.56. The van der Waals surface area contributed by atoms with E-state index in [1.807, 2.05) is 18.2 Å². The van der Waals surface area contributed by atoms with Gasteiger partial charge in [-0.25, -0.2) is 4.98 Å². The van der Waals surface area contributed by atoms with E-state index in [4.69, 9.17) is 4.99 Å². The molecule has 2 heterocycles. The fraction of sp³-hybridized carbons (Fsp3) is 0.579. The summed E-state index contributed by atoms with van der Waals surface area (Å²) in [6.07, 6.45) is 4.55. The number of guanidine groups is 1. The van der Waals surface area contributed by atoms with Gasteiger partial charge in [-0.05, 0) is 44.2 Å². The van der Waals surface area contributed by atoms with Gasteiger partial charge in [-0.1, -0.05) is 19.1 Å². The van der Waals surface area contributed by atoms with Crippen molar-refractivity contribution in [1.82, 2.24) is 20.2 Å². The molecule has 24 heavy (non-hydrogen) atoms. The number of aromatic amines is 1. The minimum atomic E-state index is 0.762. The first-order valence-corrected chi connectivity index (χ1v) is 9.23. The van der Waals surface area contributed by atoms with E-state index in [1.165, 1.54) is 12.8 Å². The Hall–Kier alpha value is -2.04. The molecule has 1 aromatic heterocycles. The summed E-state index contributed by atoms with van der Waals surface area (Å²) in [5.74, 6) is 2.90. The van der Waals surface area contributed by atoms with E-state index in [2.05, 4.69) is 40.1 Å². The number of piperidine rings is 1. The molecule has 1 unspecified atom stereocenters. The van der Waals surface area contributed by atoms with Crippen LogP contribution in [0.3, 0.4) is 0 Å². The van der Waals surface area contributed by atoms with Crippen LogP contribution in [-0.2, 0) is 6.42 Å². The molecule has 2 aromatic rings. The van der Waals surface area contributed by atoms with Gasteiger partial charge in [0, 0.05) is 32.6 Å². The summed E-state index contributed by atoms with van der Waals surface area (Å²) in [6.45, 7) is 8.47. The Labute approximate surface area is 144 Å². The first-order valence-electron chi connectivity index (χ1n) is 9.23. The number of rotatable bonds is 5. The maximum absolute atomic E-state index is 4.83. The van der Waals surface area contributed by atoms with Crippen LogP contribution in [0, 0.1) is 5.92 Å². The van der Waals surface area contributed by atoms with Crippen molar-refractivity contribution in [3.8, 4) is 0 Å². The molecular weight excluding hydrogens is 298 g/mol. The summed E-state index contributed by atoms with van der Waals surface area (Å²) >= 11 is 0. The van der Waals surface area contributed by atoms with Crippen LogP contribution in [0.4, 0.5) is 0 Å². The number of aryl methyl sites for hydroxylation is 1. The summed E-state index contributed by atoms with van der Waals surface area (Å²) < 4.78 is 0. The van der Waals surface area contributed by atoms with Crippen molar-refractivity contribution in [3.63, 3.8) is 0 Å². The van der Waals surface area contributed by atoms with Crippen molar-refractivity contribution in [2.45, 2.75) is 39.5 Å². The first-order chi connectivity index (χ1) is 11.8. The van der Waals surface area contributed by atoms with Gasteiger partial charge in [0.2, 0.25) is 0 Å². The molecule has 3 rings (SSSR count). The summed E-state index contributed by atoms with van der Waals surface area (Å²) in [5.41, 5.74) is 2.17. The smallest absolute Gasteiger partial charge is 0.193 e. The zero-order chi connectivity index (χ0) is 16.8. The second-order valence-electron chi connectivity index (χ2n) is 6.73.